The van der Waals surface area contributed by atoms with E-state index in [1.54, 1.807) is 25.3 Å². The molecule has 0 spiro atoms. The van der Waals surface area contributed by atoms with E-state index in [4.69, 9.17) is 4.74 Å². The number of ether oxygens (including phenoxy) is 1. The zero-order chi connectivity index (χ0) is 15.9. The largest absolute Gasteiger partial charge is 0.496 e. The molecule has 4 heteroatoms. The van der Waals surface area contributed by atoms with Gasteiger partial charge in [0.25, 0.3) is 0 Å². The maximum Gasteiger partial charge on any atom is 0.244 e. The standard InChI is InChI=1S/C18H18FNO2/c1-13(16-5-3-4-6-17(16)22-2)20-18(21)12-9-14-7-10-15(19)11-8-14/h3-13H,1-2H3,(H,20,21)/b12-9+/t13-/m1/s1. The number of nitrogens with one attached hydrogen (secondary N) is 1. The Bertz CT molecular complexity index is 665. The van der Waals surface area contributed by atoms with E-state index < -0.39 is 0 Å². The molecule has 0 bridgehead atoms. The van der Waals surface area contributed by atoms with Crippen LogP contribution in [0.25, 0.3) is 6.08 Å². The van der Waals surface area contributed by atoms with Crippen molar-refractivity contribution in [3.05, 3.63) is 71.6 Å². The number of benzene rings is 2. The van der Waals surface area contributed by atoms with Crippen LogP contribution in [0.3, 0.4) is 0 Å². The zero-order valence-corrected chi connectivity index (χ0v) is 12.5. The minimum Gasteiger partial charge on any atom is -0.496 e. The van der Waals surface area contributed by atoms with Gasteiger partial charge in [-0.25, -0.2) is 4.39 Å². The molecule has 0 aliphatic carbocycles. The summed E-state index contributed by atoms with van der Waals surface area (Å²) in [6, 6.07) is 13.3. The summed E-state index contributed by atoms with van der Waals surface area (Å²) >= 11 is 0. The summed E-state index contributed by atoms with van der Waals surface area (Å²) in [5.74, 6) is 0.215. The molecule has 0 aliphatic rings. The molecule has 114 valence electrons. The van der Waals surface area contributed by atoms with Crippen molar-refractivity contribution < 1.29 is 13.9 Å². The van der Waals surface area contributed by atoms with Gasteiger partial charge in [0.05, 0.1) is 13.2 Å². The maximum absolute atomic E-state index is 12.8. The summed E-state index contributed by atoms with van der Waals surface area (Å²) in [6.45, 7) is 1.89. The summed E-state index contributed by atoms with van der Waals surface area (Å²) in [6.07, 6.45) is 3.07. The van der Waals surface area contributed by atoms with Gasteiger partial charge in [0.2, 0.25) is 5.91 Å². The van der Waals surface area contributed by atoms with E-state index in [-0.39, 0.29) is 17.8 Å². The lowest BCUT2D eigenvalue weighted by atomic mass is 10.1. The quantitative estimate of drug-likeness (QED) is 0.854. The second kappa shape index (κ2) is 7.41. The highest BCUT2D eigenvalue weighted by Crippen LogP contribution is 2.24. The number of hydrogen-bond acceptors (Lipinski definition) is 2. The molecule has 1 amide bonds. The van der Waals surface area contributed by atoms with Gasteiger partial charge in [-0.05, 0) is 36.8 Å². The van der Waals surface area contributed by atoms with Crippen molar-refractivity contribution in [1.29, 1.82) is 0 Å². The zero-order valence-electron chi connectivity index (χ0n) is 12.5. The van der Waals surface area contributed by atoms with E-state index in [2.05, 4.69) is 5.32 Å². The van der Waals surface area contributed by atoms with Crippen LogP contribution in [0, 0.1) is 5.82 Å². The predicted octanol–water partition coefficient (Wildman–Crippen LogP) is 3.72. The van der Waals surface area contributed by atoms with Gasteiger partial charge >= 0.3 is 0 Å². The van der Waals surface area contributed by atoms with E-state index >= 15 is 0 Å². The van der Waals surface area contributed by atoms with Gasteiger partial charge in [0, 0.05) is 11.6 Å². The van der Waals surface area contributed by atoms with E-state index in [0.717, 1.165) is 16.9 Å². The molecular formula is C18H18FNO2. The van der Waals surface area contributed by atoms with Crippen molar-refractivity contribution in [2.45, 2.75) is 13.0 Å². The molecule has 0 radical (unpaired) electrons. The molecule has 3 nitrogen and oxygen atoms in total. The first-order chi connectivity index (χ1) is 10.6. The Morgan fingerprint density at radius 3 is 2.55 bits per heavy atom. The molecule has 1 N–H and O–H groups in total. The van der Waals surface area contributed by atoms with Crippen LogP contribution < -0.4 is 10.1 Å². The van der Waals surface area contributed by atoms with Crippen LogP contribution >= 0.6 is 0 Å². The number of amides is 1. The van der Waals surface area contributed by atoms with Gasteiger partial charge < -0.3 is 10.1 Å². The molecule has 0 aromatic heterocycles. The van der Waals surface area contributed by atoms with Crippen molar-refractivity contribution in [2.75, 3.05) is 7.11 Å². The van der Waals surface area contributed by atoms with Crippen molar-refractivity contribution in [1.82, 2.24) is 5.32 Å². The fourth-order valence-electron chi connectivity index (χ4n) is 2.11. The van der Waals surface area contributed by atoms with E-state index in [1.165, 1.54) is 18.2 Å². The van der Waals surface area contributed by atoms with Gasteiger partial charge in [-0.3, -0.25) is 4.79 Å². The van der Waals surface area contributed by atoms with E-state index in [1.807, 2.05) is 31.2 Å². The second-order valence-corrected chi connectivity index (χ2v) is 4.86. The molecule has 1 atom stereocenters. The average Bonchev–Trinajstić information content (AvgIpc) is 2.54. The topological polar surface area (TPSA) is 38.3 Å². The van der Waals surface area contributed by atoms with Crippen LogP contribution in [0.4, 0.5) is 4.39 Å². The number of halogens is 1. The lowest BCUT2D eigenvalue weighted by Gasteiger charge is -2.16. The van der Waals surface area contributed by atoms with Crippen LogP contribution in [-0.4, -0.2) is 13.0 Å². The number of carbonyl (C=O) groups excluding carboxylic acids is 1. The van der Waals surface area contributed by atoms with Gasteiger partial charge in [-0.2, -0.15) is 0 Å². The molecule has 0 saturated carbocycles. The van der Waals surface area contributed by atoms with Gasteiger partial charge in [-0.15, -0.1) is 0 Å². The number of rotatable bonds is 5. The first kappa shape index (κ1) is 15.8. The molecule has 22 heavy (non-hydrogen) atoms. The van der Waals surface area contributed by atoms with Crippen LogP contribution in [0.5, 0.6) is 5.75 Å². The van der Waals surface area contributed by atoms with Crippen molar-refractivity contribution in [2.24, 2.45) is 0 Å². The Hall–Kier alpha value is -2.62. The normalized spacial score (nSPS) is 12.1. The molecule has 2 aromatic rings. The Kier molecular flexibility index (Phi) is 5.31. The fourth-order valence-corrected chi connectivity index (χ4v) is 2.11. The van der Waals surface area contributed by atoms with E-state index in [0.29, 0.717) is 0 Å². The van der Waals surface area contributed by atoms with Gasteiger partial charge in [0.15, 0.2) is 0 Å². The third-order valence-electron chi connectivity index (χ3n) is 3.26. The molecule has 0 unspecified atom stereocenters. The van der Waals surface area contributed by atoms with E-state index in [9.17, 15) is 9.18 Å². The van der Waals surface area contributed by atoms with Crippen molar-refractivity contribution >= 4 is 12.0 Å². The third-order valence-corrected chi connectivity index (χ3v) is 3.26. The lowest BCUT2D eigenvalue weighted by molar-refractivity contribution is -0.117. The van der Waals surface area contributed by atoms with Gasteiger partial charge in [-0.1, -0.05) is 30.3 Å². The highest BCUT2D eigenvalue weighted by molar-refractivity contribution is 5.92. The van der Waals surface area contributed by atoms with Crippen molar-refractivity contribution in [3.63, 3.8) is 0 Å². The smallest absolute Gasteiger partial charge is 0.244 e. The molecular weight excluding hydrogens is 281 g/mol. The number of hydrogen-bond donors (Lipinski definition) is 1. The highest BCUT2D eigenvalue weighted by Gasteiger charge is 2.11. The molecule has 0 saturated heterocycles. The summed E-state index contributed by atoms with van der Waals surface area (Å²) in [5, 5.41) is 2.87. The van der Waals surface area contributed by atoms with Crippen LogP contribution in [-0.2, 0) is 4.79 Å². The van der Waals surface area contributed by atoms with Crippen LogP contribution in [0.2, 0.25) is 0 Å². The Morgan fingerprint density at radius 2 is 1.86 bits per heavy atom. The summed E-state index contributed by atoms with van der Waals surface area (Å²) in [4.78, 5) is 12.0. The summed E-state index contributed by atoms with van der Waals surface area (Å²) in [5.41, 5.74) is 1.68. The molecule has 0 heterocycles. The second-order valence-electron chi connectivity index (χ2n) is 4.86. The first-order valence-electron chi connectivity index (χ1n) is 6.97. The van der Waals surface area contributed by atoms with Crippen molar-refractivity contribution in [3.8, 4) is 5.75 Å². The Morgan fingerprint density at radius 1 is 1.18 bits per heavy atom. The first-order valence-corrected chi connectivity index (χ1v) is 6.97. The highest BCUT2D eigenvalue weighted by atomic mass is 19.1. The number of methoxy groups -OCH3 is 1. The average molecular weight is 299 g/mol. The third kappa shape index (κ3) is 4.19. The van der Waals surface area contributed by atoms with Gasteiger partial charge in [0.1, 0.15) is 11.6 Å². The molecule has 2 rings (SSSR count). The summed E-state index contributed by atoms with van der Waals surface area (Å²) < 4.78 is 18.1. The minimum atomic E-state index is -0.300. The lowest BCUT2D eigenvalue weighted by Crippen LogP contribution is -2.24. The van der Waals surface area contributed by atoms with Crippen LogP contribution in [0.15, 0.2) is 54.6 Å². The fraction of sp³-hybridized carbons (Fsp3) is 0.167. The SMILES string of the molecule is COc1ccccc1[C@@H](C)NC(=O)/C=C/c1ccc(F)cc1. The Labute approximate surface area is 129 Å². The predicted molar refractivity (Wildman–Crippen MR) is 85.0 cm³/mol. The molecule has 2 aromatic carbocycles. The minimum absolute atomic E-state index is 0.179. The molecule has 0 fully saturated rings. The monoisotopic (exact) mass is 299 g/mol. The number of carbonyl (C=O) groups is 1. The maximum atomic E-state index is 12.8. The number of para-hydroxylation sites is 1. The summed E-state index contributed by atoms with van der Waals surface area (Å²) in [7, 11) is 1.60. The Balaban J connectivity index is 2.00. The molecule has 0 aliphatic heterocycles. The van der Waals surface area contributed by atoms with Crippen LogP contribution in [0.1, 0.15) is 24.1 Å².